The number of hydrogen-bond donors (Lipinski definition) is 3. The number of amides is 2. The van der Waals surface area contributed by atoms with E-state index >= 15 is 4.39 Å². The summed E-state index contributed by atoms with van der Waals surface area (Å²) in [6.07, 6.45) is 0.405. The zero-order chi connectivity index (χ0) is 24.3. The van der Waals surface area contributed by atoms with Crippen molar-refractivity contribution < 1.29 is 19.1 Å². The maximum absolute atomic E-state index is 15.2. The Morgan fingerprint density at radius 2 is 1.67 bits per heavy atom. The average molecular weight is 456 g/mol. The molecule has 0 spiro atoms. The van der Waals surface area contributed by atoms with Gasteiger partial charge in [0.25, 0.3) is 0 Å². The minimum absolute atomic E-state index is 0.334. The van der Waals surface area contributed by atoms with Crippen LogP contribution in [0.4, 0.5) is 26.2 Å². The van der Waals surface area contributed by atoms with Crippen LogP contribution < -0.4 is 15.5 Å². The van der Waals surface area contributed by atoms with E-state index in [2.05, 4.69) is 43.2 Å². The number of hydrogen-bond acceptors (Lipinski definition) is 3. The molecule has 6 nitrogen and oxygen atoms in total. The van der Waals surface area contributed by atoms with E-state index in [0.29, 0.717) is 54.0 Å². The molecule has 0 aromatic heterocycles. The normalized spacial score (nSPS) is 17.2. The Morgan fingerprint density at radius 3 is 2.18 bits per heavy atom. The summed E-state index contributed by atoms with van der Waals surface area (Å²) in [4.78, 5) is 26.3. The molecular formula is C26H34FN3O3. The van der Waals surface area contributed by atoms with Gasteiger partial charge in [-0.2, -0.15) is 0 Å². The smallest absolute Gasteiger partial charge is 0.323 e. The Kier molecular flexibility index (Phi) is 7.61. The first-order chi connectivity index (χ1) is 15.5. The fraction of sp³-hybridized carbons (Fsp3) is 0.462. The molecule has 1 fully saturated rings. The molecule has 2 amide bonds. The van der Waals surface area contributed by atoms with Crippen LogP contribution in [0.3, 0.4) is 0 Å². The van der Waals surface area contributed by atoms with Crippen LogP contribution >= 0.6 is 0 Å². The highest BCUT2D eigenvalue weighted by Gasteiger charge is 2.45. The number of urea groups is 1. The molecule has 2 unspecified atom stereocenters. The van der Waals surface area contributed by atoms with E-state index in [0.717, 1.165) is 5.56 Å². The van der Waals surface area contributed by atoms with Crippen molar-refractivity contribution in [3.8, 4) is 0 Å². The largest absolute Gasteiger partial charge is 0.481 e. The van der Waals surface area contributed by atoms with Gasteiger partial charge in [-0.1, -0.05) is 45.4 Å². The van der Waals surface area contributed by atoms with Gasteiger partial charge in [0, 0.05) is 24.7 Å². The van der Waals surface area contributed by atoms with Crippen molar-refractivity contribution >= 4 is 29.1 Å². The lowest BCUT2D eigenvalue weighted by Crippen LogP contribution is -2.33. The Morgan fingerprint density at radius 1 is 1.06 bits per heavy atom. The van der Waals surface area contributed by atoms with E-state index in [1.54, 1.807) is 6.07 Å². The fourth-order valence-electron chi connectivity index (χ4n) is 4.11. The van der Waals surface area contributed by atoms with Crippen molar-refractivity contribution in [3.05, 3.63) is 53.3 Å². The van der Waals surface area contributed by atoms with E-state index in [9.17, 15) is 14.7 Å². The van der Waals surface area contributed by atoms with Crippen LogP contribution in [0.1, 0.15) is 51.2 Å². The van der Waals surface area contributed by atoms with E-state index in [4.69, 9.17) is 0 Å². The van der Waals surface area contributed by atoms with Gasteiger partial charge in [-0.15, -0.1) is 0 Å². The average Bonchev–Trinajstić information content (AvgIpc) is 3.50. The number of carbonyl (C=O) groups excluding carboxylic acids is 1. The molecule has 1 saturated carbocycles. The number of carboxylic acid groups (broad SMARTS) is 1. The number of aliphatic carboxylic acids is 1. The Balaban J connectivity index is 1.94. The second-order valence-electron chi connectivity index (χ2n) is 9.82. The molecule has 0 aliphatic heterocycles. The highest BCUT2D eigenvalue weighted by Crippen LogP contribution is 2.50. The number of carboxylic acids is 1. The van der Waals surface area contributed by atoms with Gasteiger partial charge in [-0.25, -0.2) is 9.18 Å². The summed E-state index contributed by atoms with van der Waals surface area (Å²) in [6, 6.07) is 10.1. The third kappa shape index (κ3) is 6.46. The first-order valence-corrected chi connectivity index (χ1v) is 11.5. The van der Waals surface area contributed by atoms with Gasteiger partial charge in [-0.3, -0.25) is 4.79 Å². The van der Waals surface area contributed by atoms with Gasteiger partial charge in [0.2, 0.25) is 0 Å². The number of aryl methyl sites for hydroxylation is 1. The van der Waals surface area contributed by atoms with Crippen LogP contribution in [0.2, 0.25) is 0 Å². The number of benzene rings is 2. The van der Waals surface area contributed by atoms with Crippen molar-refractivity contribution in [2.45, 2.75) is 47.0 Å². The van der Waals surface area contributed by atoms with Crippen molar-refractivity contribution in [2.24, 2.45) is 17.8 Å². The van der Waals surface area contributed by atoms with Crippen molar-refractivity contribution in [1.29, 1.82) is 0 Å². The van der Waals surface area contributed by atoms with E-state index in [-0.39, 0.29) is 5.92 Å². The van der Waals surface area contributed by atoms with Crippen molar-refractivity contribution in [2.75, 3.05) is 28.6 Å². The lowest BCUT2D eigenvalue weighted by Gasteiger charge is -2.31. The third-order valence-corrected chi connectivity index (χ3v) is 5.69. The Labute approximate surface area is 195 Å². The number of rotatable bonds is 9. The molecule has 2 atom stereocenters. The summed E-state index contributed by atoms with van der Waals surface area (Å²) >= 11 is 0. The molecule has 7 heteroatoms. The molecule has 0 bridgehead atoms. The molecule has 1 aliphatic rings. The fourth-order valence-corrected chi connectivity index (χ4v) is 4.11. The highest BCUT2D eigenvalue weighted by molar-refractivity contribution is 6.02. The quantitative estimate of drug-likeness (QED) is 0.428. The first-order valence-electron chi connectivity index (χ1n) is 11.5. The van der Waals surface area contributed by atoms with E-state index < -0.39 is 23.7 Å². The van der Waals surface area contributed by atoms with Crippen LogP contribution in [-0.4, -0.2) is 30.2 Å². The molecule has 0 heterocycles. The number of nitrogens with zero attached hydrogens (tertiary/aromatic N) is 1. The number of anilines is 3. The van der Waals surface area contributed by atoms with Crippen LogP contribution in [-0.2, 0) is 4.79 Å². The van der Waals surface area contributed by atoms with Crippen LogP contribution in [0.25, 0.3) is 0 Å². The maximum Gasteiger partial charge on any atom is 0.323 e. The monoisotopic (exact) mass is 455 g/mol. The predicted molar refractivity (Wildman–Crippen MR) is 131 cm³/mol. The van der Waals surface area contributed by atoms with E-state index in [1.165, 1.54) is 6.07 Å². The number of carbonyl (C=O) groups is 2. The highest BCUT2D eigenvalue weighted by atomic mass is 19.1. The zero-order valence-corrected chi connectivity index (χ0v) is 20.0. The van der Waals surface area contributed by atoms with Gasteiger partial charge < -0.3 is 20.6 Å². The second kappa shape index (κ2) is 10.2. The van der Waals surface area contributed by atoms with E-state index in [1.807, 2.05) is 31.2 Å². The van der Waals surface area contributed by atoms with Gasteiger partial charge in [-0.05, 0) is 55.0 Å². The minimum Gasteiger partial charge on any atom is -0.481 e. The van der Waals surface area contributed by atoms with Crippen LogP contribution in [0, 0.1) is 30.5 Å². The number of nitrogens with one attached hydrogen (secondary N) is 2. The summed E-state index contributed by atoms with van der Waals surface area (Å²) in [5, 5.41) is 15.0. The minimum atomic E-state index is -0.920. The molecule has 2 aromatic rings. The topological polar surface area (TPSA) is 81.7 Å². The molecule has 33 heavy (non-hydrogen) atoms. The second-order valence-corrected chi connectivity index (χ2v) is 9.82. The van der Waals surface area contributed by atoms with Crippen molar-refractivity contribution in [1.82, 2.24) is 0 Å². The summed E-state index contributed by atoms with van der Waals surface area (Å²) in [5.74, 6) is -1.64. The van der Waals surface area contributed by atoms with Crippen molar-refractivity contribution in [3.63, 3.8) is 0 Å². The Bertz CT molecular complexity index is 995. The Hall–Kier alpha value is -3.09. The van der Waals surface area contributed by atoms with Gasteiger partial charge in [0.1, 0.15) is 5.82 Å². The lowest BCUT2D eigenvalue weighted by atomic mass is 10.0. The molecule has 0 saturated heterocycles. The molecule has 2 aromatic carbocycles. The number of halogens is 1. The SMILES string of the molecule is Cc1ccc(NC(=O)Nc2cc(C3CC3C(=O)O)c(F)cc2N(CC(C)C)CC(C)C)cc1. The summed E-state index contributed by atoms with van der Waals surface area (Å²) in [6.45, 7) is 11.7. The standard InChI is InChI=1S/C26H34FN3O3/c1-15(2)13-30(14-16(3)4)24-12-22(27)20(19-10-21(19)25(31)32)11-23(24)29-26(33)28-18-8-6-17(5)7-9-18/h6-9,11-12,15-16,19,21H,10,13-14H2,1-5H3,(H,31,32)(H2,28,29,33). The van der Waals surface area contributed by atoms with Crippen LogP contribution in [0.15, 0.2) is 36.4 Å². The van der Waals surface area contributed by atoms with Gasteiger partial charge in [0.05, 0.1) is 17.3 Å². The van der Waals surface area contributed by atoms with Crippen LogP contribution in [0.5, 0.6) is 0 Å². The molecule has 0 radical (unpaired) electrons. The summed E-state index contributed by atoms with van der Waals surface area (Å²) in [7, 11) is 0. The molecular weight excluding hydrogens is 421 g/mol. The van der Waals surface area contributed by atoms with Gasteiger partial charge >= 0.3 is 12.0 Å². The van der Waals surface area contributed by atoms with Gasteiger partial charge in [0.15, 0.2) is 0 Å². The zero-order valence-electron chi connectivity index (χ0n) is 20.0. The molecule has 3 N–H and O–H groups in total. The lowest BCUT2D eigenvalue weighted by molar-refractivity contribution is -0.138. The maximum atomic E-state index is 15.2. The molecule has 178 valence electrons. The summed E-state index contributed by atoms with van der Waals surface area (Å²) in [5.41, 5.74) is 3.16. The third-order valence-electron chi connectivity index (χ3n) is 5.69. The first kappa shape index (κ1) is 24.6. The molecule has 1 aliphatic carbocycles. The summed E-state index contributed by atoms with van der Waals surface area (Å²) < 4.78 is 15.2. The molecule has 3 rings (SSSR count). The predicted octanol–water partition coefficient (Wildman–Crippen LogP) is 6.08.